The standard InChI is InChI=1S/C18H27NO3/c1-15(20)17-9-11-19(12-10-17)18-7-5-16(6-8-18)4-3-13-22-14-21-2/h5-8,17H,3-4,9-14H2,1-2H3. The van der Waals surface area contributed by atoms with Crippen LogP contribution in [0.4, 0.5) is 5.69 Å². The first-order chi connectivity index (χ1) is 10.7. The number of anilines is 1. The van der Waals surface area contributed by atoms with Crippen LogP contribution >= 0.6 is 0 Å². The molecule has 1 heterocycles. The van der Waals surface area contributed by atoms with Crippen molar-refractivity contribution >= 4 is 11.5 Å². The molecule has 1 aliphatic rings. The maximum Gasteiger partial charge on any atom is 0.146 e. The van der Waals surface area contributed by atoms with E-state index >= 15 is 0 Å². The molecule has 0 aromatic heterocycles. The van der Waals surface area contributed by atoms with Crippen LogP contribution in [0.15, 0.2) is 24.3 Å². The van der Waals surface area contributed by atoms with Crippen molar-refractivity contribution in [3.05, 3.63) is 29.8 Å². The van der Waals surface area contributed by atoms with Gasteiger partial charge in [-0.25, -0.2) is 0 Å². The number of Topliss-reactive ketones (excluding diaryl/α,β-unsaturated/α-hetero) is 1. The molecule has 0 bridgehead atoms. The van der Waals surface area contributed by atoms with E-state index in [4.69, 9.17) is 9.47 Å². The Hall–Kier alpha value is -1.39. The van der Waals surface area contributed by atoms with Gasteiger partial charge in [0.2, 0.25) is 0 Å². The summed E-state index contributed by atoms with van der Waals surface area (Å²) in [6, 6.07) is 8.78. The van der Waals surface area contributed by atoms with Crippen molar-refractivity contribution in [2.24, 2.45) is 5.92 Å². The van der Waals surface area contributed by atoms with Crippen LogP contribution < -0.4 is 4.90 Å². The fourth-order valence-electron chi connectivity index (χ4n) is 2.94. The SMILES string of the molecule is COCOCCCc1ccc(N2CCC(C(C)=O)CC2)cc1. The second kappa shape index (κ2) is 8.91. The maximum absolute atomic E-state index is 11.4. The van der Waals surface area contributed by atoms with Crippen molar-refractivity contribution in [1.82, 2.24) is 0 Å². The van der Waals surface area contributed by atoms with E-state index in [1.807, 2.05) is 0 Å². The zero-order chi connectivity index (χ0) is 15.8. The fourth-order valence-corrected chi connectivity index (χ4v) is 2.94. The number of aryl methyl sites for hydroxylation is 1. The van der Waals surface area contributed by atoms with Gasteiger partial charge in [-0.05, 0) is 50.3 Å². The van der Waals surface area contributed by atoms with Crippen LogP contribution in [-0.2, 0) is 20.7 Å². The molecule has 1 aromatic carbocycles. The summed E-state index contributed by atoms with van der Waals surface area (Å²) < 4.78 is 10.1. The van der Waals surface area contributed by atoms with Crippen LogP contribution in [-0.4, -0.2) is 39.4 Å². The van der Waals surface area contributed by atoms with E-state index < -0.39 is 0 Å². The molecule has 0 saturated carbocycles. The lowest BCUT2D eigenvalue weighted by molar-refractivity contribution is -0.121. The third-order valence-corrected chi connectivity index (χ3v) is 4.33. The average molecular weight is 305 g/mol. The van der Waals surface area contributed by atoms with Crippen molar-refractivity contribution in [1.29, 1.82) is 0 Å². The van der Waals surface area contributed by atoms with Gasteiger partial charge in [0.25, 0.3) is 0 Å². The Kier molecular flexibility index (Phi) is 6.87. The maximum atomic E-state index is 11.4. The first-order valence-electron chi connectivity index (χ1n) is 8.11. The molecule has 1 aromatic rings. The van der Waals surface area contributed by atoms with Crippen LogP contribution in [0.5, 0.6) is 0 Å². The van der Waals surface area contributed by atoms with E-state index in [0.29, 0.717) is 12.6 Å². The first kappa shape index (κ1) is 17.0. The number of hydrogen-bond donors (Lipinski definition) is 0. The Morgan fingerprint density at radius 2 is 1.91 bits per heavy atom. The molecule has 1 aliphatic heterocycles. The molecule has 0 spiro atoms. The van der Waals surface area contributed by atoms with Gasteiger partial charge in [-0.2, -0.15) is 0 Å². The lowest BCUT2D eigenvalue weighted by Gasteiger charge is -2.32. The molecule has 0 atom stereocenters. The van der Waals surface area contributed by atoms with E-state index in [1.165, 1.54) is 11.3 Å². The van der Waals surface area contributed by atoms with Crippen molar-refractivity contribution in [3.8, 4) is 0 Å². The number of hydrogen-bond acceptors (Lipinski definition) is 4. The van der Waals surface area contributed by atoms with Gasteiger partial charge in [0.1, 0.15) is 12.6 Å². The summed E-state index contributed by atoms with van der Waals surface area (Å²) in [6.45, 7) is 4.78. The summed E-state index contributed by atoms with van der Waals surface area (Å²) in [4.78, 5) is 13.8. The third kappa shape index (κ3) is 5.11. The summed E-state index contributed by atoms with van der Waals surface area (Å²) >= 11 is 0. The topological polar surface area (TPSA) is 38.8 Å². The molecule has 0 N–H and O–H groups in total. The highest BCUT2D eigenvalue weighted by Crippen LogP contribution is 2.24. The average Bonchev–Trinajstić information content (AvgIpc) is 2.55. The highest BCUT2D eigenvalue weighted by atomic mass is 16.7. The summed E-state index contributed by atoms with van der Waals surface area (Å²) in [6.07, 6.45) is 3.99. The van der Waals surface area contributed by atoms with Gasteiger partial charge in [0.15, 0.2) is 0 Å². The van der Waals surface area contributed by atoms with Crippen molar-refractivity contribution < 1.29 is 14.3 Å². The van der Waals surface area contributed by atoms with E-state index in [9.17, 15) is 4.79 Å². The van der Waals surface area contributed by atoms with Crippen molar-refractivity contribution in [2.45, 2.75) is 32.6 Å². The summed E-state index contributed by atoms with van der Waals surface area (Å²) in [5.41, 5.74) is 2.60. The van der Waals surface area contributed by atoms with Gasteiger partial charge in [-0.15, -0.1) is 0 Å². The van der Waals surface area contributed by atoms with Crippen LogP contribution in [0.1, 0.15) is 31.7 Å². The third-order valence-electron chi connectivity index (χ3n) is 4.33. The number of rotatable bonds is 8. The Morgan fingerprint density at radius 1 is 1.23 bits per heavy atom. The molecule has 4 nitrogen and oxygen atoms in total. The minimum absolute atomic E-state index is 0.266. The van der Waals surface area contributed by atoms with Crippen LogP contribution in [0.3, 0.4) is 0 Å². The second-order valence-corrected chi connectivity index (χ2v) is 5.96. The highest BCUT2D eigenvalue weighted by molar-refractivity contribution is 5.78. The van der Waals surface area contributed by atoms with Gasteiger partial charge < -0.3 is 14.4 Å². The van der Waals surface area contributed by atoms with E-state index in [2.05, 4.69) is 29.2 Å². The molecule has 0 amide bonds. The molecule has 0 aliphatic carbocycles. The molecular weight excluding hydrogens is 278 g/mol. The quantitative estimate of drug-likeness (QED) is 0.546. The Bertz CT molecular complexity index is 450. The monoisotopic (exact) mass is 305 g/mol. The fraction of sp³-hybridized carbons (Fsp3) is 0.611. The lowest BCUT2D eigenvalue weighted by Crippen LogP contribution is -2.35. The number of piperidine rings is 1. The van der Waals surface area contributed by atoms with Gasteiger partial charge in [0.05, 0.1) is 0 Å². The Morgan fingerprint density at radius 3 is 2.50 bits per heavy atom. The predicted molar refractivity (Wildman–Crippen MR) is 88.2 cm³/mol. The molecule has 0 unspecified atom stereocenters. The second-order valence-electron chi connectivity index (χ2n) is 5.96. The van der Waals surface area contributed by atoms with Crippen molar-refractivity contribution in [3.63, 3.8) is 0 Å². The number of carbonyl (C=O) groups is 1. The van der Waals surface area contributed by atoms with E-state index in [0.717, 1.165) is 45.4 Å². The number of methoxy groups -OCH3 is 1. The Labute approximate surface area is 133 Å². The number of benzene rings is 1. The molecule has 122 valence electrons. The highest BCUT2D eigenvalue weighted by Gasteiger charge is 2.22. The summed E-state index contributed by atoms with van der Waals surface area (Å²) in [7, 11) is 1.64. The lowest BCUT2D eigenvalue weighted by atomic mass is 9.93. The minimum Gasteiger partial charge on any atom is -0.371 e. The predicted octanol–water partition coefficient (Wildman–Crippen LogP) is 3.05. The van der Waals surface area contributed by atoms with E-state index in [1.54, 1.807) is 14.0 Å². The number of carbonyl (C=O) groups excluding carboxylic acids is 1. The number of nitrogens with zero attached hydrogens (tertiary/aromatic N) is 1. The first-order valence-corrected chi connectivity index (χ1v) is 8.11. The minimum atomic E-state index is 0.266. The normalized spacial score (nSPS) is 16.0. The van der Waals surface area contributed by atoms with Gasteiger partial charge in [-0.3, -0.25) is 4.79 Å². The van der Waals surface area contributed by atoms with Crippen LogP contribution in [0, 0.1) is 5.92 Å². The zero-order valence-electron chi connectivity index (χ0n) is 13.7. The smallest absolute Gasteiger partial charge is 0.146 e. The summed E-state index contributed by atoms with van der Waals surface area (Å²) in [5.74, 6) is 0.605. The summed E-state index contributed by atoms with van der Waals surface area (Å²) in [5, 5.41) is 0. The molecule has 2 rings (SSSR count). The molecule has 0 radical (unpaired) electrons. The molecule has 22 heavy (non-hydrogen) atoms. The zero-order valence-corrected chi connectivity index (χ0v) is 13.7. The van der Waals surface area contributed by atoms with Crippen LogP contribution in [0.25, 0.3) is 0 Å². The van der Waals surface area contributed by atoms with E-state index in [-0.39, 0.29) is 5.92 Å². The number of ketones is 1. The van der Waals surface area contributed by atoms with Crippen LogP contribution in [0.2, 0.25) is 0 Å². The van der Waals surface area contributed by atoms with Gasteiger partial charge in [0, 0.05) is 38.4 Å². The molecular formula is C18H27NO3. The molecule has 1 fully saturated rings. The van der Waals surface area contributed by atoms with Gasteiger partial charge >= 0.3 is 0 Å². The largest absolute Gasteiger partial charge is 0.371 e. The Balaban J connectivity index is 1.76. The molecule has 4 heteroatoms. The van der Waals surface area contributed by atoms with Crippen molar-refractivity contribution in [2.75, 3.05) is 38.5 Å². The van der Waals surface area contributed by atoms with Gasteiger partial charge in [-0.1, -0.05) is 12.1 Å². The number of ether oxygens (including phenoxy) is 2. The molecule has 1 saturated heterocycles.